The maximum absolute atomic E-state index is 12.0. The molecule has 20 heavy (non-hydrogen) atoms. The average Bonchev–Trinajstić information content (AvgIpc) is 2.33. The van der Waals surface area contributed by atoms with E-state index in [1.165, 1.54) is 13.8 Å². The van der Waals surface area contributed by atoms with E-state index in [1.54, 1.807) is 0 Å². The van der Waals surface area contributed by atoms with Gasteiger partial charge in [-0.25, -0.2) is 9.59 Å². The summed E-state index contributed by atoms with van der Waals surface area (Å²) in [4.78, 5) is 46.9. The molecule has 112 valence electrons. The van der Waals surface area contributed by atoms with E-state index in [2.05, 4.69) is 10.6 Å². The topological polar surface area (TPSA) is 136 Å². The van der Waals surface area contributed by atoms with Crippen LogP contribution in [0, 0.1) is 0 Å². The van der Waals surface area contributed by atoms with E-state index in [1.807, 2.05) is 0 Å². The van der Waals surface area contributed by atoms with Crippen LogP contribution in [-0.2, 0) is 14.4 Å². The third-order valence-corrected chi connectivity index (χ3v) is 3.04. The molecule has 0 aromatic rings. The molecule has 1 aliphatic rings. The van der Waals surface area contributed by atoms with Crippen LogP contribution >= 0.6 is 0 Å². The predicted octanol–water partition coefficient (Wildman–Crippen LogP) is -1.73. The smallest absolute Gasteiger partial charge is 0.326 e. The average molecular weight is 287 g/mol. The maximum Gasteiger partial charge on any atom is 0.326 e. The highest BCUT2D eigenvalue weighted by molar-refractivity contribution is 6.06. The third-order valence-electron chi connectivity index (χ3n) is 3.04. The predicted molar refractivity (Wildman–Crippen MR) is 65.6 cm³/mol. The van der Waals surface area contributed by atoms with E-state index in [4.69, 9.17) is 10.2 Å². The number of aliphatic carboxylic acids is 1. The highest BCUT2D eigenvalue weighted by atomic mass is 16.4. The number of amides is 4. The fourth-order valence-electron chi connectivity index (χ4n) is 1.72. The molecular formula is C11H17N3O6. The Morgan fingerprint density at radius 1 is 1.45 bits per heavy atom. The summed E-state index contributed by atoms with van der Waals surface area (Å²) < 4.78 is 0. The van der Waals surface area contributed by atoms with Crippen LogP contribution in [0.15, 0.2) is 0 Å². The first-order valence-electron chi connectivity index (χ1n) is 5.96. The first-order valence-corrected chi connectivity index (χ1v) is 5.96. The quantitative estimate of drug-likeness (QED) is 0.453. The Hall–Kier alpha value is -2.16. The summed E-state index contributed by atoms with van der Waals surface area (Å²) in [6.45, 7) is 2.11. The number of carbonyl (C=O) groups is 4. The molecule has 0 bridgehead atoms. The minimum absolute atomic E-state index is 0.171. The molecular weight excluding hydrogens is 270 g/mol. The Morgan fingerprint density at radius 3 is 2.55 bits per heavy atom. The molecule has 9 heteroatoms. The molecule has 1 heterocycles. The molecule has 0 aromatic carbocycles. The molecule has 1 aliphatic heterocycles. The van der Waals surface area contributed by atoms with Gasteiger partial charge in [0.2, 0.25) is 5.91 Å². The van der Waals surface area contributed by atoms with Gasteiger partial charge in [0.1, 0.15) is 18.1 Å². The van der Waals surface area contributed by atoms with Gasteiger partial charge in [0.25, 0.3) is 5.91 Å². The van der Waals surface area contributed by atoms with Crippen LogP contribution in [0.25, 0.3) is 0 Å². The Morgan fingerprint density at radius 2 is 2.05 bits per heavy atom. The standard InChI is InChI=1S/C11H17N3O6/c1-11(2)9(19)13-7(16)5-14(11)10(20)12-6(3-4-15)8(17)18/h6,15H,3-5H2,1-2H3,(H,12,20)(H,17,18)(H,13,16,19)/t6-/m0/s1. The van der Waals surface area contributed by atoms with E-state index >= 15 is 0 Å². The van der Waals surface area contributed by atoms with Gasteiger partial charge in [-0.1, -0.05) is 0 Å². The second-order valence-electron chi connectivity index (χ2n) is 4.88. The van der Waals surface area contributed by atoms with Gasteiger partial charge in [0, 0.05) is 13.0 Å². The van der Waals surface area contributed by atoms with Gasteiger partial charge in [-0.2, -0.15) is 0 Å². The first-order chi connectivity index (χ1) is 9.20. The number of hydrogen-bond acceptors (Lipinski definition) is 5. The fraction of sp³-hybridized carbons (Fsp3) is 0.636. The van der Waals surface area contributed by atoms with Crippen molar-refractivity contribution < 1.29 is 29.4 Å². The van der Waals surface area contributed by atoms with Gasteiger partial charge in [-0.15, -0.1) is 0 Å². The fourth-order valence-corrected chi connectivity index (χ4v) is 1.72. The molecule has 1 saturated heterocycles. The van der Waals surface area contributed by atoms with E-state index in [0.717, 1.165) is 4.90 Å². The minimum Gasteiger partial charge on any atom is -0.480 e. The Balaban J connectivity index is 2.86. The molecule has 1 rings (SSSR count). The van der Waals surface area contributed by atoms with Crippen molar-refractivity contribution in [2.24, 2.45) is 0 Å². The highest BCUT2D eigenvalue weighted by Crippen LogP contribution is 2.18. The lowest BCUT2D eigenvalue weighted by atomic mass is 9.99. The van der Waals surface area contributed by atoms with Crippen molar-refractivity contribution in [1.82, 2.24) is 15.5 Å². The molecule has 0 aromatic heterocycles. The van der Waals surface area contributed by atoms with Crippen molar-refractivity contribution in [3.8, 4) is 0 Å². The Labute approximate surface area is 114 Å². The zero-order valence-corrected chi connectivity index (χ0v) is 11.2. The molecule has 0 radical (unpaired) electrons. The second kappa shape index (κ2) is 5.87. The van der Waals surface area contributed by atoms with Gasteiger partial charge in [-0.05, 0) is 13.8 Å². The zero-order chi connectivity index (χ0) is 15.5. The number of rotatable bonds is 4. The number of aliphatic hydroxyl groups is 1. The molecule has 0 unspecified atom stereocenters. The van der Waals surface area contributed by atoms with Crippen molar-refractivity contribution in [2.45, 2.75) is 31.8 Å². The molecule has 0 spiro atoms. The van der Waals surface area contributed by atoms with Crippen molar-refractivity contribution in [3.63, 3.8) is 0 Å². The van der Waals surface area contributed by atoms with Crippen molar-refractivity contribution in [2.75, 3.05) is 13.2 Å². The number of carbonyl (C=O) groups excluding carboxylic acids is 3. The summed E-state index contributed by atoms with van der Waals surface area (Å²) in [5.74, 6) is -2.59. The van der Waals surface area contributed by atoms with Gasteiger partial charge in [-0.3, -0.25) is 14.9 Å². The number of nitrogens with zero attached hydrogens (tertiary/aromatic N) is 1. The number of imide groups is 1. The Bertz CT molecular complexity index is 447. The minimum atomic E-state index is -1.31. The van der Waals surface area contributed by atoms with Crippen LogP contribution in [0.5, 0.6) is 0 Å². The lowest BCUT2D eigenvalue weighted by Gasteiger charge is -2.40. The van der Waals surface area contributed by atoms with Crippen LogP contribution < -0.4 is 10.6 Å². The third kappa shape index (κ3) is 3.23. The van der Waals surface area contributed by atoms with Crippen LogP contribution in [0.2, 0.25) is 0 Å². The number of piperazine rings is 1. The highest BCUT2D eigenvalue weighted by Gasteiger charge is 2.44. The summed E-state index contributed by atoms with van der Waals surface area (Å²) in [5, 5.41) is 21.9. The Kier molecular flexibility index (Phi) is 4.66. The molecule has 4 amide bonds. The lowest BCUT2D eigenvalue weighted by Crippen LogP contribution is -2.67. The first kappa shape index (κ1) is 15.9. The van der Waals surface area contributed by atoms with Crippen LogP contribution in [0.1, 0.15) is 20.3 Å². The lowest BCUT2D eigenvalue weighted by molar-refractivity contribution is -0.142. The molecule has 1 fully saturated rings. The molecule has 0 aliphatic carbocycles. The number of nitrogens with one attached hydrogen (secondary N) is 2. The van der Waals surface area contributed by atoms with Crippen LogP contribution in [-0.4, -0.2) is 63.7 Å². The largest absolute Gasteiger partial charge is 0.480 e. The number of aliphatic hydroxyl groups excluding tert-OH is 1. The van der Waals surface area contributed by atoms with Gasteiger partial charge in [0.05, 0.1) is 0 Å². The second-order valence-corrected chi connectivity index (χ2v) is 4.88. The number of carboxylic acid groups (broad SMARTS) is 1. The van der Waals surface area contributed by atoms with E-state index < -0.39 is 42.0 Å². The number of hydrogen-bond donors (Lipinski definition) is 4. The van der Waals surface area contributed by atoms with Gasteiger partial charge >= 0.3 is 12.0 Å². The molecule has 1 atom stereocenters. The van der Waals surface area contributed by atoms with Crippen molar-refractivity contribution in [3.05, 3.63) is 0 Å². The number of urea groups is 1. The summed E-state index contributed by atoms with van der Waals surface area (Å²) >= 11 is 0. The molecule has 9 nitrogen and oxygen atoms in total. The van der Waals surface area contributed by atoms with Crippen molar-refractivity contribution >= 4 is 23.8 Å². The normalized spacial score (nSPS) is 19.2. The van der Waals surface area contributed by atoms with Gasteiger partial charge in [0.15, 0.2) is 0 Å². The summed E-state index contributed by atoms with van der Waals surface area (Å²) in [5.41, 5.74) is -1.28. The van der Waals surface area contributed by atoms with Crippen LogP contribution in [0.4, 0.5) is 4.79 Å². The summed E-state index contributed by atoms with van der Waals surface area (Å²) in [6.07, 6.45) is -0.171. The zero-order valence-electron chi connectivity index (χ0n) is 11.2. The van der Waals surface area contributed by atoms with Crippen LogP contribution in [0.3, 0.4) is 0 Å². The maximum atomic E-state index is 12.0. The number of carboxylic acids is 1. The van der Waals surface area contributed by atoms with E-state index in [0.29, 0.717) is 0 Å². The van der Waals surface area contributed by atoms with Gasteiger partial charge < -0.3 is 20.4 Å². The summed E-state index contributed by atoms with van der Waals surface area (Å²) in [6, 6.07) is -2.14. The van der Waals surface area contributed by atoms with E-state index in [9.17, 15) is 19.2 Å². The van der Waals surface area contributed by atoms with Crippen molar-refractivity contribution in [1.29, 1.82) is 0 Å². The SMILES string of the molecule is CC1(C)C(=O)NC(=O)CN1C(=O)N[C@@H](CCO)C(=O)O. The monoisotopic (exact) mass is 287 g/mol. The van der Waals surface area contributed by atoms with E-state index in [-0.39, 0.29) is 13.0 Å². The molecule has 4 N–H and O–H groups in total. The summed E-state index contributed by atoms with van der Waals surface area (Å²) in [7, 11) is 0. The molecule has 0 saturated carbocycles.